The highest BCUT2D eigenvalue weighted by Crippen LogP contribution is 2.44. The molecule has 0 aromatic heterocycles. The fraction of sp³-hybridized carbons (Fsp3) is 0.524. The molecule has 26 heavy (non-hydrogen) atoms. The van der Waals surface area contributed by atoms with Crippen LogP contribution in [0.5, 0.6) is 0 Å². The lowest BCUT2D eigenvalue weighted by atomic mass is 10.2. The molecule has 0 aliphatic heterocycles. The van der Waals surface area contributed by atoms with Gasteiger partial charge in [0.1, 0.15) is 0 Å². The summed E-state index contributed by atoms with van der Waals surface area (Å²) in [6.07, 6.45) is 3.21. The number of rotatable bonds is 9. The van der Waals surface area contributed by atoms with Crippen LogP contribution >= 0.6 is 0 Å². The van der Waals surface area contributed by atoms with E-state index in [1.165, 1.54) is 6.08 Å². The maximum absolute atomic E-state index is 12.2. The first-order valence-corrected chi connectivity index (χ1v) is 11.8. The van der Waals surface area contributed by atoms with E-state index in [0.717, 1.165) is 11.6 Å². The third-order valence-electron chi connectivity index (χ3n) is 5.54. The summed E-state index contributed by atoms with van der Waals surface area (Å²) in [5.41, 5.74) is 11.8. The monoisotopic (exact) mass is 372 g/mol. The van der Waals surface area contributed by atoms with Gasteiger partial charge in [-0.25, -0.2) is 4.79 Å². The van der Waals surface area contributed by atoms with Crippen LogP contribution in [0.1, 0.15) is 47.1 Å². The van der Waals surface area contributed by atoms with E-state index in [4.69, 9.17) is 10.3 Å². The number of nitrogens with zero attached hydrogens (tertiary/aromatic N) is 2. The van der Waals surface area contributed by atoms with E-state index in [1.54, 1.807) is 6.08 Å². The van der Waals surface area contributed by atoms with Gasteiger partial charge in [-0.3, -0.25) is 0 Å². The first-order chi connectivity index (χ1) is 12.3. The van der Waals surface area contributed by atoms with Crippen molar-refractivity contribution in [1.82, 2.24) is 0 Å². The first kappa shape index (κ1) is 22.1. The zero-order valence-corrected chi connectivity index (χ0v) is 17.9. The third kappa shape index (κ3) is 5.51. The van der Waals surface area contributed by atoms with Gasteiger partial charge < -0.3 is 10.3 Å². The van der Waals surface area contributed by atoms with Crippen molar-refractivity contribution in [2.75, 3.05) is 6.61 Å². The molecule has 5 heteroatoms. The Kier molecular flexibility index (Phi) is 8.69. The highest BCUT2D eigenvalue weighted by Gasteiger charge is 2.42. The topological polar surface area (TPSA) is 62.7 Å². The Morgan fingerprint density at radius 3 is 2.08 bits per heavy atom. The minimum Gasteiger partial charge on any atom is -0.457 e. The number of ether oxygens (including phenoxy) is 1. The molecule has 0 aliphatic rings. The molecule has 0 N–H and O–H groups in total. The van der Waals surface area contributed by atoms with E-state index in [-0.39, 0.29) is 5.71 Å². The summed E-state index contributed by atoms with van der Waals surface area (Å²) in [6.45, 7) is 14.1. The standard InChI is InChI=1S/C21H32N2O2Si/c1-16(2)26(17(3)4,18(5)6)15-14-25-21(24)20(23-22)13-12-19-10-8-7-9-11-19/h7-13,16-18H,14-15H2,1-6H3/b13-12+. The first-order valence-electron chi connectivity index (χ1n) is 9.38. The van der Waals surface area contributed by atoms with Crippen LogP contribution in [-0.2, 0) is 9.53 Å². The molecule has 0 bridgehead atoms. The van der Waals surface area contributed by atoms with E-state index in [2.05, 4.69) is 46.3 Å². The fourth-order valence-electron chi connectivity index (χ4n) is 4.14. The Morgan fingerprint density at radius 1 is 1.08 bits per heavy atom. The van der Waals surface area contributed by atoms with Gasteiger partial charge >= 0.3 is 11.7 Å². The van der Waals surface area contributed by atoms with Gasteiger partial charge in [0.2, 0.25) is 0 Å². The van der Waals surface area contributed by atoms with Crippen molar-refractivity contribution in [3.63, 3.8) is 0 Å². The molecule has 0 aliphatic carbocycles. The van der Waals surface area contributed by atoms with Crippen LogP contribution < -0.4 is 0 Å². The largest absolute Gasteiger partial charge is 0.457 e. The van der Waals surface area contributed by atoms with E-state index < -0.39 is 14.0 Å². The van der Waals surface area contributed by atoms with E-state index in [9.17, 15) is 4.79 Å². The average molecular weight is 373 g/mol. The molecular formula is C21H32N2O2Si. The Bertz CT molecular complexity index is 638. The molecule has 1 aromatic carbocycles. The molecule has 0 saturated carbocycles. The lowest BCUT2D eigenvalue weighted by Gasteiger charge is -2.43. The molecule has 1 aromatic rings. The van der Waals surface area contributed by atoms with Crippen LogP contribution in [0.2, 0.25) is 22.7 Å². The van der Waals surface area contributed by atoms with Gasteiger partial charge in [0.15, 0.2) is 0 Å². The van der Waals surface area contributed by atoms with Crippen LogP contribution in [0.4, 0.5) is 0 Å². The maximum Gasteiger partial charge on any atom is 0.421 e. The van der Waals surface area contributed by atoms with Crippen LogP contribution in [-0.4, -0.2) is 31.2 Å². The van der Waals surface area contributed by atoms with Crippen molar-refractivity contribution in [2.45, 2.75) is 64.2 Å². The SMILES string of the molecule is CC(C)[Si](CCOC(=O)C(/C=C/c1ccccc1)=[N+]=[N-])(C(C)C)C(C)C. The fourth-order valence-corrected chi connectivity index (χ4v) is 10.3. The van der Waals surface area contributed by atoms with Gasteiger partial charge in [-0.15, -0.1) is 0 Å². The van der Waals surface area contributed by atoms with E-state index in [0.29, 0.717) is 23.2 Å². The molecule has 0 saturated heterocycles. The molecular weight excluding hydrogens is 340 g/mol. The Hall–Kier alpha value is -1.97. The van der Waals surface area contributed by atoms with Gasteiger partial charge in [0, 0.05) is 6.08 Å². The molecule has 142 valence electrons. The summed E-state index contributed by atoms with van der Waals surface area (Å²) in [6, 6.07) is 10.5. The molecule has 0 spiro atoms. The number of hydrogen-bond acceptors (Lipinski definition) is 2. The van der Waals surface area contributed by atoms with Crippen molar-refractivity contribution < 1.29 is 14.3 Å². The molecule has 0 fully saturated rings. The van der Waals surface area contributed by atoms with Crippen LogP contribution in [0.25, 0.3) is 11.6 Å². The minimum atomic E-state index is -1.61. The molecule has 0 heterocycles. The summed E-state index contributed by atoms with van der Waals surface area (Å²) >= 11 is 0. The lowest BCUT2D eigenvalue weighted by molar-refractivity contribution is -0.139. The number of benzene rings is 1. The van der Waals surface area contributed by atoms with Gasteiger partial charge in [-0.05, 0) is 17.7 Å². The molecule has 4 nitrogen and oxygen atoms in total. The maximum atomic E-state index is 12.2. The van der Waals surface area contributed by atoms with E-state index in [1.807, 2.05) is 30.3 Å². The molecule has 0 amide bonds. The number of carbonyl (C=O) groups excluding carboxylic acids is 1. The predicted molar refractivity (Wildman–Crippen MR) is 111 cm³/mol. The summed E-state index contributed by atoms with van der Waals surface area (Å²) in [4.78, 5) is 15.3. The summed E-state index contributed by atoms with van der Waals surface area (Å²) in [5.74, 6) is -0.584. The highest BCUT2D eigenvalue weighted by atomic mass is 28.3. The van der Waals surface area contributed by atoms with E-state index >= 15 is 0 Å². The Labute approximate surface area is 158 Å². The van der Waals surface area contributed by atoms with Crippen LogP contribution in [0.3, 0.4) is 0 Å². The summed E-state index contributed by atoms with van der Waals surface area (Å²) in [5, 5.41) is 0. The molecule has 1 rings (SSSR count). The van der Waals surface area contributed by atoms with Gasteiger partial charge in [-0.2, -0.15) is 4.79 Å². The number of carbonyl (C=O) groups is 1. The third-order valence-corrected chi connectivity index (χ3v) is 13.1. The van der Waals surface area contributed by atoms with Crippen LogP contribution in [0, 0.1) is 0 Å². The van der Waals surface area contributed by atoms with Crippen molar-refractivity contribution >= 4 is 25.8 Å². The van der Waals surface area contributed by atoms with Gasteiger partial charge in [0.25, 0.3) is 0 Å². The number of esters is 1. The van der Waals surface area contributed by atoms with Crippen molar-refractivity contribution in [3.8, 4) is 0 Å². The second-order valence-corrected chi connectivity index (χ2v) is 13.9. The number of hydrogen-bond donors (Lipinski definition) is 0. The van der Waals surface area contributed by atoms with Crippen LogP contribution in [0.15, 0.2) is 36.4 Å². The Morgan fingerprint density at radius 2 is 1.62 bits per heavy atom. The normalized spacial score (nSPS) is 12.0. The van der Waals surface area contributed by atoms with Gasteiger partial charge in [0.05, 0.1) is 14.7 Å². The van der Waals surface area contributed by atoms with Gasteiger partial charge in [-0.1, -0.05) is 88.5 Å². The second kappa shape index (κ2) is 10.2. The Balaban J connectivity index is 2.74. The lowest BCUT2D eigenvalue weighted by Crippen LogP contribution is -2.45. The highest BCUT2D eigenvalue weighted by molar-refractivity contribution is 6.83. The predicted octanol–water partition coefficient (Wildman–Crippen LogP) is 5.59. The summed E-state index contributed by atoms with van der Waals surface area (Å²) < 4.78 is 5.44. The zero-order chi connectivity index (χ0) is 19.7. The quantitative estimate of drug-likeness (QED) is 0.186. The molecule has 0 atom stereocenters. The average Bonchev–Trinajstić information content (AvgIpc) is 2.59. The van der Waals surface area contributed by atoms with Crippen molar-refractivity contribution in [1.29, 1.82) is 0 Å². The molecule has 0 radical (unpaired) electrons. The second-order valence-electron chi connectivity index (χ2n) is 7.69. The molecule has 0 unspecified atom stereocenters. The van der Waals surface area contributed by atoms with Crippen molar-refractivity contribution in [3.05, 3.63) is 47.5 Å². The smallest absolute Gasteiger partial charge is 0.421 e. The van der Waals surface area contributed by atoms with Crippen molar-refractivity contribution in [2.24, 2.45) is 0 Å². The minimum absolute atomic E-state index is 0.0836. The summed E-state index contributed by atoms with van der Waals surface area (Å²) in [7, 11) is -1.61. The zero-order valence-electron chi connectivity index (χ0n) is 16.9.